The lowest BCUT2D eigenvalue weighted by atomic mass is 10.2. The predicted octanol–water partition coefficient (Wildman–Crippen LogP) is 3.17. The van der Waals surface area contributed by atoms with Gasteiger partial charge in [0.2, 0.25) is 0 Å². The van der Waals surface area contributed by atoms with Crippen molar-refractivity contribution in [1.82, 2.24) is 4.98 Å². The molecular weight excluding hydrogens is 162 g/mol. The molecule has 2 rings (SSSR count). The Morgan fingerprint density at radius 2 is 2.23 bits per heavy atom. The van der Waals surface area contributed by atoms with E-state index in [0.717, 1.165) is 28.1 Å². The zero-order valence-electron chi connectivity index (χ0n) is 7.79. The summed E-state index contributed by atoms with van der Waals surface area (Å²) in [7, 11) is 0. The third-order valence-electron chi connectivity index (χ3n) is 1.93. The van der Waals surface area contributed by atoms with Crippen LogP contribution in [-0.4, -0.2) is 4.98 Å². The molecule has 2 heteroatoms. The lowest BCUT2D eigenvalue weighted by Gasteiger charge is -1.89. The number of allylic oxidation sites excluding steroid dienone is 1. The molecule has 0 spiro atoms. The van der Waals surface area contributed by atoms with E-state index in [1.165, 1.54) is 0 Å². The summed E-state index contributed by atoms with van der Waals surface area (Å²) in [6.07, 6.45) is 0. The first-order valence-electron chi connectivity index (χ1n) is 4.20. The van der Waals surface area contributed by atoms with Crippen molar-refractivity contribution in [3.8, 4) is 0 Å². The van der Waals surface area contributed by atoms with E-state index < -0.39 is 0 Å². The van der Waals surface area contributed by atoms with Gasteiger partial charge < -0.3 is 4.42 Å². The molecule has 0 aromatic carbocycles. The molecule has 0 saturated carbocycles. The summed E-state index contributed by atoms with van der Waals surface area (Å²) in [5, 5.41) is 0. The molecule has 0 atom stereocenters. The Balaban J connectivity index is 2.68. The third-order valence-corrected chi connectivity index (χ3v) is 1.93. The fraction of sp³-hybridized carbons (Fsp3) is 0.182. The second-order valence-corrected chi connectivity index (χ2v) is 3.23. The Morgan fingerprint density at radius 3 is 2.92 bits per heavy atom. The zero-order chi connectivity index (χ0) is 9.42. The average molecular weight is 173 g/mol. The quantitative estimate of drug-likeness (QED) is 0.662. The Morgan fingerprint density at radius 1 is 1.46 bits per heavy atom. The highest BCUT2D eigenvalue weighted by atomic mass is 16.3. The molecule has 66 valence electrons. The van der Waals surface area contributed by atoms with Crippen LogP contribution in [0.3, 0.4) is 0 Å². The van der Waals surface area contributed by atoms with E-state index >= 15 is 0 Å². The number of aromatic nitrogens is 1. The number of hydrogen-bond donors (Lipinski definition) is 0. The second-order valence-electron chi connectivity index (χ2n) is 3.23. The Kier molecular flexibility index (Phi) is 1.69. The molecule has 0 aliphatic heterocycles. The first kappa shape index (κ1) is 8.05. The van der Waals surface area contributed by atoms with E-state index in [2.05, 4.69) is 11.6 Å². The van der Waals surface area contributed by atoms with E-state index in [1.807, 2.05) is 32.0 Å². The summed E-state index contributed by atoms with van der Waals surface area (Å²) in [6, 6.07) is 5.79. The van der Waals surface area contributed by atoms with Crippen LogP contribution in [0.4, 0.5) is 0 Å². The van der Waals surface area contributed by atoms with Gasteiger partial charge in [-0.25, -0.2) is 4.98 Å². The van der Waals surface area contributed by atoms with Crippen LogP contribution in [0.2, 0.25) is 0 Å². The standard InChI is InChI=1S/C11H11NO/c1-7(2)11-6-9-10(13-11)5-4-8(3)12-9/h4-6H,1H2,2-3H3. The molecule has 0 N–H and O–H groups in total. The van der Waals surface area contributed by atoms with Gasteiger partial charge in [0, 0.05) is 11.8 Å². The molecule has 2 nitrogen and oxygen atoms in total. The van der Waals surface area contributed by atoms with Crippen LogP contribution < -0.4 is 0 Å². The second kappa shape index (κ2) is 2.73. The largest absolute Gasteiger partial charge is 0.455 e. The van der Waals surface area contributed by atoms with Gasteiger partial charge in [-0.3, -0.25) is 0 Å². The summed E-state index contributed by atoms with van der Waals surface area (Å²) in [6.45, 7) is 7.71. The molecule has 0 aliphatic carbocycles. The van der Waals surface area contributed by atoms with Gasteiger partial charge in [-0.1, -0.05) is 6.58 Å². The predicted molar refractivity (Wildman–Crippen MR) is 53.5 cm³/mol. The van der Waals surface area contributed by atoms with Gasteiger partial charge in [-0.05, 0) is 31.6 Å². The maximum atomic E-state index is 5.52. The molecule has 0 aliphatic rings. The molecule has 13 heavy (non-hydrogen) atoms. The van der Waals surface area contributed by atoms with Crippen LogP contribution in [0.25, 0.3) is 16.7 Å². The van der Waals surface area contributed by atoms with Gasteiger partial charge in [0.25, 0.3) is 0 Å². The topological polar surface area (TPSA) is 26.0 Å². The first-order chi connectivity index (χ1) is 6.16. The van der Waals surface area contributed by atoms with Gasteiger partial charge in [0.15, 0.2) is 5.58 Å². The van der Waals surface area contributed by atoms with E-state index in [0.29, 0.717) is 0 Å². The molecule has 0 saturated heterocycles. The molecule has 0 radical (unpaired) electrons. The van der Waals surface area contributed by atoms with Crippen LogP contribution in [0.1, 0.15) is 18.4 Å². The molecule has 0 fully saturated rings. The van der Waals surface area contributed by atoms with Crippen molar-refractivity contribution in [3.63, 3.8) is 0 Å². The lowest BCUT2D eigenvalue weighted by Crippen LogP contribution is -1.77. The number of nitrogens with zero attached hydrogens (tertiary/aromatic N) is 1. The molecular formula is C11H11NO. The zero-order valence-corrected chi connectivity index (χ0v) is 7.79. The third kappa shape index (κ3) is 1.35. The maximum Gasteiger partial charge on any atom is 0.153 e. The maximum absolute atomic E-state index is 5.52. The smallest absolute Gasteiger partial charge is 0.153 e. The number of hydrogen-bond acceptors (Lipinski definition) is 2. The highest BCUT2D eigenvalue weighted by Crippen LogP contribution is 2.22. The summed E-state index contributed by atoms with van der Waals surface area (Å²) in [4.78, 5) is 4.34. The van der Waals surface area contributed by atoms with Crippen molar-refractivity contribution in [1.29, 1.82) is 0 Å². The number of pyridine rings is 1. The Hall–Kier alpha value is -1.57. The monoisotopic (exact) mass is 173 g/mol. The number of fused-ring (bicyclic) bond motifs is 1. The molecule has 2 heterocycles. The van der Waals surface area contributed by atoms with E-state index in [9.17, 15) is 0 Å². The fourth-order valence-electron chi connectivity index (χ4n) is 1.24. The minimum Gasteiger partial charge on any atom is -0.455 e. The van der Waals surface area contributed by atoms with Crippen LogP contribution in [-0.2, 0) is 0 Å². The van der Waals surface area contributed by atoms with Crippen LogP contribution in [0.15, 0.2) is 29.2 Å². The first-order valence-corrected chi connectivity index (χ1v) is 4.20. The number of furan rings is 1. The summed E-state index contributed by atoms with van der Waals surface area (Å²) < 4.78 is 5.52. The molecule has 2 aromatic rings. The summed E-state index contributed by atoms with van der Waals surface area (Å²) in [5.74, 6) is 0.813. The highest BCUT2D eigenvalue weighted by Gasteiger charge is 2.04. The minimum absolute atomic E-state index is 0.813. The molecule has 0 unspecified atom stereocenters. The van der Waals surface area contributed by atoms with Crippen LogP contribution in [0.5, 0.6) is 0 Å². The SMILES string of the molecule is C=C(C)c1cc2nc(C)ccc2o1. The average Bonchev–Trinajstić information content (AvgIpc) is 2.46. The highest BCUT2D eigenvalue weighted by molar-refractivity contribution is 5.77. The Bertz CT molecular complexity index is 468. The van der Waals surface area contributed by atoms with Gasteiger partial charge in [-0.15, -0.1) is 0 Å². The van der Waals surface area contributed by atoms with Crippen LogP contribution >= 0.6 is 0 Å². The van der Waals surface area contributed by atoms with Gasteiger partial charge in [0.05, 0.1) is 0 Å². The summed E-state index contributed by atoms with van der Waals surface area (Å²) in [5.41, 5.74) is 3.65. The summed E-state index contributed by atoms with van der Waals surface area (Å²) >= 11 is 0. The molecule has 0 bridgehead atoms. The van der Waals surface area contributed by atoms with Crippen LogP contribution in [0, 0.1) is 6.92 Å². The Labute approximate surface area is 76.9 Å². The molecule has 0 amide bonds. The fourth-order valence-corrected chi connectivity index (χ4v) is 1.24. The van der Waals surface area contributed by atoms with Crippen molar-refractivity contribution in [2.45, 2.75) is 13.8 Å². The molecule has 2 aromatic heterocycles. The number of rotatable bonds is 1. The van der Waals surface area contributed by atoms with Crippen molar-refractivity contribution < 1.29 is 4.42 Å². The number of aryl methyl sites for hydroxylation is 1. The lowest BCUT2D eigenvalue weighted by molar-refractivity contribution is 0.599. The van der Waals surface area contributed by atoms with Gasteiger partial charge in [-0.2, -0.15) is 0 Å². The van der Waals surface area contributed by atoms with E-state index in [1.54, 1.807) is 0 Å². The van der Waals surface area contributed by atoms with E-state index in [4.69, 9.17) is 4.42 Å². The van der Waals surface area contributed by atoms with Crippen molar-refractivity contribution in [3.05, 3.63) is 36.2 Å². The van der Waals surface area contributed by atoms with Crippen molar-refractivity contribution in [2.24, 2.45) is 0 Å². The van der Waals surface area contributed by atoms with Crippen molar-refractivity contribution in [2.75, 3.05) is 0 Å². The van der Waals surface area contributed by atoms with Crippen molar-refractivity contribution >= 4 is 16.7 Å². The van der Waals surface area contributed by atoms with Gasteiger partial charge in [0.1, 0.15) is 11.3 Å². The normalized spacial score (nSPS) is 10.6. The van der Waals surface area contributed by atoms with E-state index in [-0.39, 0.29) is 0 Å². The van der Waals surface area contributed by atoms with Gasteiger partial charge >= 0.3 is 0 Å². The minimum atomic E-state index is 0.813.